The molecule has 1 aliphatic rings. The molecular formula is C20H20Cl2FNO3S. The molecule has 1 amide bonds. The van der Waals surface area contributed by atoms with Crippen LogP contribution in [0.4, 0.5) is 4.39 Å². The van der Waals surface area contributed by atoms with Crippen LogP contribution in [-0.2, 0) is 9.84 Å². The van der Waals surface area contributed by atoms with Gasteiger partial charge in [0.2, 0.25) is 14.8 Å². The fourth-order valence-electron chi connectivity index (χ4n) is 3.39. The summed E-state index contributed by atoms with van der Waals surface area (Å²) < 4.78 is 41.0. The summed E-state index contributed by atoms with van der Waals surface area (Å²) in [6, 6.07) is 10.5. The van der Waals surface area contributed by atoms with E-state index in [1.54, 1.807) is 25.1 Å². The van der Waals surface area contributed by atoms with Crippen molar-refractivity contribution in [3.63, 3.8) is 0 Å². The van der Waals surface area contributed by atoms with Gasteiger partial charge in [-0.3, -0.25) is 4.79 Å². The lowest BCUT2D eigenvalue weighted by Crippen LogP contribution is -2.45. The van der Waals surface area contributed by atoms with Crippen LogP contribution in [-0.4, -0.2) is 25.4 Å². The lowest BCUT2D eigenvalue weighted by Gasteiger charge is -2.34. The molecule has 3 rings (SSSR count). The minimum atomic E-state index is -4.11. The Hall–Kier alpha value is -1.63. The number of aryl methyl sites for hydroxylation is 1. The van der Waals surface area contributed by atoms with Gasteiger partial charge in [-0.15, -0.1) is 0 Å². The van der Waals surface area contributed by atoms with Crippen LogP contribution in [0, 0.1) is 6.92 Å². The van der Waals surface area contributed by atoms with E-state index < -0.39 is 14.8 Å². The highest BCUT2D eigenvalue weighted by molar-refractivity contribution is 7.92. The predicted molar refractivity (Wildman–Crippen MR) is 108 cm³/mol. The number of halogens is 3. The van der Waals surface area contributed by atoms with Gasteiger partial charge in [0, 0.05) is 11.1 Å². The van der Waals surface area contributed by atoms with E-state index in [-0.39, 0.29) is 53.1 Å². The molecule has 0 saturated heterocycles. The zero-order valence-electron chi connectivity index (χ0n) is 15.2. The summed E-state index contributed by atoms with van der Waals surface area (Å²) >= 11 is 11.9. The van der Waals surface area contributed by atoms with Crippen molar-refractivity contribution < 1.29 is 17.6 Å². The van der Waals surface area contributed by atoms with Gasteiger partial charge in [-0.25, -0.2) is 12.8 Å². The van der Waals surface area contributed by atoms with Gasteiger partial charge in [0.25, 0.3) is 5.91 Å². The second-order valence-corrected chi connectivity index (χ2v) is 10.1. The van der Waals surface area contributed by atoms with E-state index in [0.29, 0.717) is 5.02 Å². The average Bonchev–Trinajstić information content (AvgIpc) is 2.63. The topological polar surface area (TPSA) is 63.2 Å². The Morgan fingerprint density at radius 2 is 1.82 bits per heavy atom. The Morgan fingerprint density at radius 3 is 2.43 bits per heavy atom. The largest absolute Gasteiger partial charge is 0.349 e. The lowest BCUT2D eigenvalue weighted by atomic mass is 9.93. The maximum absolute atomic E-state index is 15.4. The number of benzene rings is 2. The first kappa shape index (κ1) is 21.1. The molecule has 0 aromatic heterocycles. The summed E-state index contributed by atoms with van der Waals surface area (Å²) in [5.74, 6) is -0.389. The number of hydrogen-bond donors (Lipinski definition) is 1. The van der Waals surface area contributed by atoms with Crippen LogP contribution >= 0.6 is 23.2 Å². The minimum absolute atomic E-state index is 0.00886. The first-order valence-electron chi connectivity index (χ1n) is 8.88. The molecule has 0 spiro atoms. The smallest absolute Gasteiger partial charge is 0.253 e. The average molecular weight is 444 g/mol. The van der Waals surface area contributed by atoms with Crippen LogP contribution in [0.3, 0.4) is 0 Å². The normalized spacial score (nSPS) is 22.6. The molecule has 1 N–H and O–H groups in total. The van der Waals surface area contributed by atoms with Crippen molar-refractivity contribution in [2.24, 2.45) is 0 Å². The van der Waals surface area contributed by atoms with Gasteiger partial charge < -0.3 is 5.32 Å². The quantitative estimate of drug-likeness (QED) is 0.713. The molecule has 2 aromatic carbocycles. The molecule has 8 heteroatoms. The van der Waals surface area contributed by atoms with Crippen molar-refractivity contribution in [2.75, 3.05) is 0 Å². The van der Waals surface area contributed by atoms with Crippen molar-refractivity contribution in [2.45, 2.75) is 48.5 Å². The molecule has 0 aliphatic heterocycles. The van der Waals surface area contributed by atoms with Gasteiger partial charge in [0.15, 0.2) is 0 Å². The molecule has 28 heavy (non-hydrogen) atoms. The van der Waals surface area contributed by atoms with E-state index in [4.69, 9.17) is 23.2 Å². The van der Waals surface area contributed by atoms with E-state index in [1.807, 2.05) is 0 Å². The van der Waals surface area contributed by atoms with Gasteiger partial charge in [-0.2, -0.15) is 0 Å². The minimum Gasteiger partial charge on any atom is -0.349 e. The number of carbonyl (C=O) groups is 1. The predicted octanol–water partition coefficient (Wildman–Crippen LogP) is 5.11. The van der Waals surface area contributed by atoms with Crippen LogP contribution < -0.4 is 5.32 Å². The third-order valence-electron chi connectivity index (χ3n) is 5.02. The Bertz CT molecular complexity index is 1000. The molecular weight excluding hydrogens is 424 g/mol. The third-order valence-corrected chi connectivity index (χ3v) is 7.82. The number of carbonyl (C=O) groups excluding carboxylic acids is 1. The van der Waals surface area contributed by atoms with E-state index in [0.717, 1.165) is 5.56 Å². The molecule has 0 heterocycles. The van der Waals surface area contributed by atoms with Gasteiger partial charge in [-0.1, -0.05) is 35.3 Å². The van der Waals surface area contributed by atoms with E-state index in [2.05, 4.69) is 5.32 Å². The van der Waals surface area contributed by atoms with E-state index >= 15 is 4.39 Å². The standard InChI is InChI=1S/C20H20Cl2FNO3S/c1-13-3-2-4-16(11-13)28(26,27)20(23)9-7-15(8-10-20)24-19(25)17-6-5-14(21)12-18(17)22/h2-6,11-12,15H,7-10H2,1H3,(H,24,25). The van der Waals surface area contributed by atoms with Crippen LogP contribution in [0.15, 0.2) is 47.4 Å². The van der Waals surface area contributed by atoms with Crippen molar-refractivity contribution in [3.8, 4) is 0 Å². The molecule has 0 unspecified atom stereocenters. The number of rotatable bonds is 4. The molecule has 1 aliphatic carbocycles. The number of sulfone groups is 1. The van der Waals surface area contributed by atoms with Crippen molar-refractivity contribution in [1.82, 2.24) is 5.32 Å². The highest BCUT2D eigenvalue weighted by atomic mass is 35.5. The fourth-order valence-corrected chi connectivity index (χ4v) is 5.68. The van der Waals surface area contributed by atoms with Gasteiger partial charge >= 0.3 is 0 Å². The Balaban J connectivity index is 1.69. The maximum Gasteiger partial charge on any atom is 0.253 e. The summed E-state index contributed by atoms with van der Waals surface area (Å²) in [5, 5.41) is 1.12. The molecule has 150 valence electrons. The van der Waals surface area contributed by atoms with Crippen LogP contribution in [0.2, 0.25) is 10.0 Å². The van der Waals surface area contributed by atoms with E-state index in [1.165, 1.54) is 24.3 Å². The van der Waals surface area contributed by atoms with E-state index in [9.17, 15) is 13.2 Å². The highest BCUT2D eigenvalue weighted by Gasteiger charge is 2.47. The molecule has 0 bridgehead atoms. The fraction of sp³-hybridized carbons (Fsp3) is 0.350. The summed E-state index contributed by atoms with van der Waals surface area (Å²) in [5.41, 5.74) is 1.03. The zero-order valence-corrected chi connectivity index (χ0v) is 17.5. The van der Waals surface area contributed by atoms with Gasteiger partial charge in [0.1, 0.15) is 0 Å². The number of nitrogens with one attached hydrogen (secondary N) is 1. The first-order valence-corrected chi connectivity index (χ1v) is 11.1. The molecule has 0 radical (unpaired) electrons. The third kappa shape index (κ3) is 4.19. The van der Waals surface area contributed by atoms with Gasteiger partial charge in [0.05, 0.1) is 15.5 Å². The van der Waals surface area contributed by atoms with Crippen molar-refractivity contribution in [3.05, 3.63) is 63.6 Å². The van der Waals surface area contributed by atoms with Crippen molar-refractivity contribution in [1.29, 1.82) is 0 Å². The second-order valence-electron chi connectivity index (χ2n) is 7.07. The summed E-state index contributed by atoms with van der Waals surface area (Å²) in [4.78, 5) is 12.4. The maximum atomic E-state index is 15.4. The summed E-state index contributed by atoms with van der Waals surface area (Å²) in [6.45, 7) is 1.76. The Labute approximate surface area is 174 Å². The Kier molecular flexibility index (Phi) is 6.03. The van der Waals surface area contributed by atoms with Crippen molar-refractivity contribution >= 4 is 38.9 Å². The van der Waals surface area contributed by atoms with Crippen LogP contribution in [0.5, 0.6) is 0 Å². The SMILES string of the molecule is Cc1cccc(S(=O)(=O)C2(F)CCC(NC(=O)c3ccc(Cl)cc3Cl)CC2)c1. The highest BCUT2D eigenvalue weighted by Crippen LogP contribution is 2.40. The Morgan fingerprint density at radius 1 is 1.14 bits per heavy atom. The molecule has 1 fully saturated rings. The molecule has 2 aromatic rings. The van der Waals surface area contributed by atoms with Gasteiger partial charge in [-0.05, 0) is 68.5 Å². The molecule has 1 saturated carbocycles. The van der Waals surface area contributed by atoms with Crippen LogP contribution in [0.1, 0.15) is 41.6 Å². The van der Waals surface area contributed by atoms with Crippen LogP contribution in [0.25, 0.3) is 0 Å². The number of amides is 1. The second kappa shape index (κ2) is 8.01. The summed E-state index contributed by atoms with van der Waals surface area (Å²) in [7, 11) is -4.11. The zero-order chi connectivity index (χ0) is 20.5. The molecule has 4 nitrogen and oxygen atoms in total. The summed E-state index contributed by atoms with van der Waals surface area (Å²) in [6.07, 6.45) is 0.0854. The lowest BCUT2D eigenvalue weighted by molar-refractivity contribution is 0.0906. The monoisotopic (exact) mass is 443 g/mol. The molecule has 0 atom stereocenters. The number of alkyl halides is 1. The number of hydrogen-bond acceptors (Lipinski definition) is 3. The first-order chi connectivity index (χ1) is 13.1.